The van der Waals surface area contributed by atoms with Crippen molar-refractivity contribution in [3.63, 3.8) is 0 Å². The molecule has 1 rings (SSSR count). The van der Waals surface area contributed by atoms with E-state index in [1.807, 2.05) is 0 Å². The van der Waals surface area contributed by atoms with Crippen molar-refractivity contribution < 1.29 is 13.2 Å². The first-order valence-corrected chi connectivity index (χ1v) is 3.88. The van der Waals surface area contributed by atoms with Crippen LogP contribution < -0.4 is 11.1 Å². The van der Waals surface area contributed by atoms with Gasteiger partial charge in [-0.1, -0.05) is 0 Å². The van der Waals surface area contributed by atoms with Crippen LogP contribution in [0, 0.1) is 0 Å². The van der Waals surface area contributed by atoms with Gasteiger partial charge in [-0.05, 0) is 6.92 Å². The van der Waals surface area contributed by atoms with Crippen LogP contribution in [0.25, 0.3) is 0 Å². The molecular weight excluding hydrogens is 199 g/mol. The van der Waals surface area contributed by atoms with E-state index < -0.39 is 18.6 Å². The molecule has 1 aromatic heterocycles. The van der Waals surface area contributed by atoms with Crippen LogP contribution in [0.3, 0.4) is 0 Å². The quantitative estimate of drug-likeness (QED) is 0.697. The molecule has 1 unspecified atom stereocenters. The lowest BCUT2D eigenvalue weighted by Gasteiger charge is -2.13. The Balaban J connectivity index is 2.45. The summed E-state index contributed by atoms with van der Waals surface area (Å²) in [5.74, 6) is 0.131. The van der Waals surface area contributed by atoms with Gasteiger partial charge in [0.05, 0.1) is 6.42 Å². The van der Waals surface area contributed by atoms with Crippen LogP contribution in [0.1, 0.15) is 13.3 Å². The third kappa shape index (κ3) is 3.50. The second-order valence-electron chi connectivity index (χ2n) is 2.91. The van der Waals surface area contributed by atoms with E-state index in [0.29, 0.717) is 0 Å². The normalized spacial score (nSPS) is 14.0. The van der Waals surface area contributed by atoms with Crippen LogP contribution in [0.2, 0.25) is 0 Å². The standard InChI is InChI=1S/C6H10F3N5/c1-3(2-6(7,8)9)11-5-12-4(10)13-14-5/h3H,2H2,1H3,(H4,10,11,12,13,14). The monoisotopic (exact) mass is 209 g/mol. The summed E-state index contributed by atoms with van der Waals surface area (Å²) >= 11 is 0. The first-order valence-electron chi connectivity index (χ1n) is 3.88. The summed E-state index contributed by atoms with van der Waals surface area (Å²) in [6.07, 6.45) is -5.14. The highest BCUT2D eigenvalue weighted by atomic mass is 19.4. The molecule has 0 saturated heterocycles. The molecule has 0 amide bonds. The number of nitrogens with two attached hydrogens (primary N) is 1. The molecule has 5 nitrogen and oxygen atoms in total. The van der Waals surface area contributed by atoms with Crippen molar-refractivity contribution in [2.24, 2.45) is 0 Å². The van der Waals surface area contributed by atoms with Crippen molar-refractivity contribution in [1.29, 1.82) is 0 Å². The molecule has 8 heteroatoms. The highest BCUT2D eigenvalue weighted by Crippen LogP contribution is 2.22. The van der Waals surface area contributed by atoms with Gasteiger partial charge in [0.25, 0.3) is 0 Å². The van der Waals surface area contributed by atoms with Crippen molar-refractivity contribution in [2.45, 2.75) is 25.6 Å². The summed E-state index contributed by atoms with van der Waals surface area (Å²) in [6.45, 7) is 1.39. The van der Waals surface area contributed by atoms with E-state index in [0.717, 1.165) is 0 Å². The molecular formula is C6H10F3N5. The lowest BCUT2D eigenvalue weighted by Crippen LogP contribution is -2.24. The minimum atomic E-state index is -4.20. The SMILES string of the molecule is CC(CC(F)(F)F)Nc1n[nH]c(N)n1. The Morgan fingerprint density at radius 1 is 1.57 bits per heavy atom. The van der Waals surface area contributed by atoms with Crippen molar-refractivity contribution in [3.05, 3.63) is 0 Å². The fourth-order valence-electron chi connectivity index (χ4n) is 0.957. The molecule has 0 aliphatic carbocycles. The minimum absolute atomic E-state index is 0.0618. The van der Waals surface area contributed by atoms with Gasteiger partial charge in [-0.3, -0.25) is 0 Å². The number of anilines is 2. The molecule has 80 valence electrons. The summed E-state index contributed by atoms with van der Waals surface area (Å²) in [5, 5.41) is 8.32. The highest BCUT2D eigenvalue weighted by Gasteiger charge is 2.30. The second-order valence-corrected chi connectivity index (χ2v) is 2.91. The summed E-state index contributed by atoms with van der Waals surface area (Å²) in [6, 6.07) is -0.787. The second kappa shape index (κ2) is 3.72. The summed E-state index contributed by atoms with van der Waals surface area (Å²) in [5.41, 5.74) is 5.19. The zero-order chi connectivity index (χ0) is 10.8. The molecule has 0 saturated carbocycles. The zero-order valence-corrected chi connectivity index (χ0v) is 7.39. The van der Waals surface area contributed by atoms with Crippen LogP contribution >= 0.6 is 0 Å². The number of nitrogens with one attached hydrogen (secondary N) is 2. The molecule has 0 radical (unpaired) electrons. The van der Waals surface area contributed by atoms with Crippen LogP contribution in [0.15, 0.2) is 0 Å². The average molecular weight is 209 g/mol. The lowest BCUT2D eigenvalue weighted by atomic mass is 10.2. The maximum atomic E-state index is 11.9. The van der Waals surface area contributed by atoms with E-state index in [1.165, 1.54) is 6.92 Å². The molecule has 1 aromatic rings. The van der Waals surface area contributed by atoms with Gasteiger partial charge in [-0.15, -0.1) is 5.10 Å². The smallest absolute Gasteiger partial charge is 0.368 e. The number of alkyl halides is 3. The molecule has 0 fully saturated rings. The molecule has 0 spiro atoms. The van der Waals surface area contributed by atoms with Gasteiger partial charge in [0.1, 0.15) is 0 Å². The number of hydrogen-bond acceptors (Lipinski definition) is 4. The zero-order valence-electron chi connectivity index (χ0n) is 7.39. The number of halogens is 3. The Kier molecular flexibility index (Phi) is 2.82. The predicted molar refractivity (Wildman–Crippen MR) is 44.6 cm³/mol. The van der Waals surface area contributed by atoms with Crippen LogP contribution in [0.4, 0.5) is 25.1 Å². The molecule has 1 atom stereocenters. The Morgan fingerprint density at radius 2 is 2.21 bits per heavy atom. The van der Waals surface area contributed by atoms with Crippen molar-refractivity contribution in [2.75, 3.05) is 11.1 Å². The largest absolute Gasteiger partial charge is 0.391 e. The molecule has 0 aliphatic rings. The maximum Gasteiger partial charge on any atom is 0.391 e. The van der Waals surface area contributed by atoms with Crippen LogP contribution in [-0.2, 0) is 0 Å². The molecule has 0 bridgehead atoms. The number of nitrogen functional groups attached to an aromatic ring is 1. The van der Waals surface area contributed by atoms with E-state index in [4.69, 9.17) is 5.73 Å². The number of aromatic amines is 1. The number of aromatic nitrogens is 3. The highest BCUT2D eigenvalue weighted by molar-refractivity contribution is 5.30. The Labute approximate surface area is 77.9 Å². The third-order valence-electron chi connectivity index (χ3n) is 1.42. The van der Waals surface area contributed by atoms with Gasteiger partial charge in [-0.25, -0.2) is 5.10 Å². The van der Waals surface area contributed by atoms with Crippen LogP contribution in [0.5, 0.6) is 0 Å². The molecule has 0 aliphatic heterocycles. The third-order valence-corrected chi connectivity index (χ3v) is 1.42. The summed E-state index contributed by atoms with van der Waals surface area (Å²) in [4.78, 5) is 3.61. The molecule has 14 heavy (non-hydrogen) atoms. The van der Waals surface area contributed by atoms with Crippen molar-refractivity contribution >= 4 is 11.9 Å². The Bertz CT molecular complexity index is 294. The average Bonchev–Trinajstić information content (AvgIpc) is 2.30. The van der Waals surface area contributed by atoms with Gasteiger partial charge >= 0.3 is 6.18 Å². The van der Waals surface area contributed by atoms with Crippen molar-refractivity contribution in [3.8, 4) is 0 Å². The Hall–Kier alpha value is -1.47. The molecule has 4 N–H and O–H groups in total. The summed E-state index contributed by atoms with van der Waals surface area (Å²) in [7, 11) is 0. The van der Waals surface area contributed by atoms with Gasteiger partial charge in [0, 0.05) is 6.04 Å². The van der Waals surface area contributed by atoms with E-state index in [2.05, 4.69) is 20.5 Å². The van der Waals surface area contributed by atoms with Gasteiger partial charge < -0.3 is 11.1 Å². The Morgan fingerprint density at radius 3 is 2.64 bits per heavy atom. The van der Waals surface area contributed by atoms with E-state index >= 15 is 0 Å². The molecule has 1 heterocycles. The predicted octanol–water partition coefficient (Wildman–Crippen LogP) is 1.14. The number of rotatable bonds is 3. The van der Waals surface area contributed by atoms with Crippen LogP contribution in [-0.4, -0.2) is 27.4 Å². The fourth-order valence-corrected chi connectivity index (χ4v) is 0.957. The fraction of sp³-hybridized carbons (Fsp3) is 0.667. The minimum Gasteiger partial charge on any atom is -0.368 e. The first-order chi connectivity index (χ1) is 6.37. The van der Waals surface area contributed by atoms with Gasteiger partial charge in [0.15, 0.2) is 0 Å². The van der Waals surface area contributed by atoms with Crippen molar-refractivity contribution in [1.82, 2.24) is 15.2 Å². The summed E-state index contributed by atoms with van der Waals surface area (Å²) < 4.78 is 35.7. The lowest BCUT2D eigenvalue weighted by molar-refractivity contribution is -0.136. The van der Waals surface area contributed by atoms with Gasteiger partial charge in [0.2, 0.25) is 11.9 Å². The maximum absolute atomic E-state index is 11.9. The number of hydrogen-bond donors (Lipinski definition) is 3. The topological polar surface area (TPSA) is 79.6 Å². The molecule has 0 aromatic carbocycles. The number of H-pyrrole nitrogens is 1. The van der Waals surface area contributed by atoms with E-state index in [-0.39, 0.29) is 11.9 Å². The van der Waals surface area contributed by atoms with E-state index in [9.17, 15) is 13.2 Å². The first kappa shape index (κ1) is 10.6. The number of nitrogens with zero attached hydrogens (tertiary/aromatic N) is 2. The van der Waals surface area contributed by atoms with Gasteiger partial charge in [-0.2, -0.15) is 18.2 Å². The van der Waals surface area contributed by atoms with E-state index in [1.54, 1.807) is 0 Å².